The van der Waals surface area contributed by atoms with Gasteiger partial charge in [-0.3, -0.25) is 14.8 Å². The van der Waals surface area contributed by atoms with E-state index in [1.807, 2.05) is 39.0 Å². The van der Waals surface area contributed by atoms with Gasteiger partial charge in [0.2, 0.25) is 5.91 Å². The van der Waals surface area contributed by atoms with Gasteiger partial charge in [-0.1, -0.05) is 28.9 Å². The molecule has 0 aliphatic rings. The Kier molecular flexibility index (Phi) is 4.16. The van der Waals surface area contributed by atoms with Crippen molar-refractivity contribution in [3.63, 3.8) is 0 Å². The lowest BCUT2D eigenvalue weighted by Gasteiger charge is -2.06. The summed E-state index contributed by atoms with van der Waals surface area (Å²) in [6.45, 7) is 5.90. The molecule has 0 spiro atoms. The van der Waals surface area contributed by atoms with Gasteiger partial charge < -0.3 is 4.42 Å². The van der Waals surface area contributed by atoms with Crippen LogP contribution in [-0.4, -0.2) is 25.9 Å². The lowest BCUT2D eigenvalue weighted by molar-refractivity contribution is -0.115. The van der Waals surface area contributed by atoms with E-state index in [-0.39, 0.29) is 18.3 Å². The van der Waals surface area contributed by atoms with Crippen LogP contribution in [0.2, 0.25) is 0 Å². The fraction of sp³-hybridized carbons (Fsp3) is 0.294. The summed E-state index contributed by atoms with van der Waals surface area (Å²) in [5.41, 5.74) is 4.78. The molecule has 7 nitrogen and oxygen atoms in total. The van der Waals surface area contributed by atoms with Crippen LogP contribution in [0.1, 0.15) is 22.4 Å². The van der Waals surface area contributed by atoms with Crippen molar-refractivity contribution >= 4 is 11.9 Å². The fourth-order valence-electron chi connectivity index (χ4n) is 2.57. The third kappa shape index (κ3) is 3.34. The van der Waals surface area contributed by atoms with E-state index in [1.165, 1.54) is 5.56 Å². The highest BCUT2D eigenvalue weighted by atomic mass is 16.4. The van der Waals surface area contributed by atoms with E-state index in [0.29, 0.717) is 11.6 Å². The van der Waals surface area contributed by atoms with Crippen molar-refractivity contribution in [2.45, 2.75) is 27.2 Å². The first-order chi connectivity index (χ1) is 11.4. The van der Waals surface area contributed by atoms with Gasteiger partial charge in [0, 0.05) is 7.05 Å². The standard InChI is InChI=1S/C17H19N5O2/c1-10-5-6-13(11(2)7-10)9-15(23)18-17-20-19-16(24-17)14-8-12(3)21-22(14)4/h5-8H,9H2,1-4H3,(H,18,20,23). The summed E-state index contributed by atoms with van der Waals surface area (Å²) in [7, 11) is 1.80. The predicted molar refractivity (Wildman–Crippen MR) is 89.5 cm³/mol. The number of carbonyl (C=O) groups excluding carboxylic acids is 1. The molecule has 2 heterocycles. The highest BCUT2D eigenvalue weighted by Gasteiger charge is 2.15. The molecule has 3 rings (SSSR count). The summed E-state index contributed by atoms with van der Waals surface area (Å²) >= 11 is 0. The highest BCUT2D eigenvalue weighted by molar-refractivity contribution is 5.90. The molecule has 0 unspecified atom stereocenters. The van der Waals surface area contributed by atoms with Crippen molar-refractivity contribution in [1.82, 2.24) is 20.0 Å². The summed E-state index contributed by atoms with van der Waals surface area (Å²) in [5.74, 6) is 0.123. The molecule has 2 aromatic heterocycles. The molecule has 1 N–H and O–H groups in total. The topological polar surface area (TPSA) is 85.8 Å². The lowest BCUT2D eigenvalue weighted by Crippen LogP contribution is -2.15. The molecule has 124 valence electrons. The number of aromatic nitrogens is 4. The molecule has 0 atom stereocenters. The number of rotatable bonds is 4. The molecule has 0 bridgehead atoms. The van der Waals surface area contributed by atoms with Crippen molar-refractivity contribution in [3.05, 3.63) is 46.6 Å². The SMILES string of the molecule is Cc1ccc(CC(=O)Nc2nnc(-c3cc(C)nn3C)o2)c(C)c1. The number of hydrogen-bond donors (Lipinski definition) is 1. The van der Waals surface area contributed by atoms with Gasteiger partial charge >= 0.3 is 6.01 Å². The van der Waals surface area contributed by atoms with Gasteiger partial charge in [0.1, 0.15) is 5.69 Å². The minimum absolute atomic E-state index is 0.0821. The maximum Gasteiger partial charge on any atom is 0.322 e. The molecular formula is C17H19N5O2. The van der Waals surface area contributed by atoms with Crippen molar-refractivity contribution in [2.75, 3.05) is 5.32 Å². The molecule has 1 amide bonds. The van der Waals surface area contributed by atoms with E-state index in [0.717, 1.165) is 16.8 Å². The number of benzene rings is 1. The van der Waals surface area contributed by atoms with E-state index >= 15 is 0 Å². The molecule has 0 saturated heterocycles. The van der Waals surface area contributed by atoms with Crippen molar-refractivity contribution in [3.8, 4) is 11.6 Å². The molecule has 0 saturated carbocycles. The van der Waals surface area contributed by atoms with Crippen LogP contribution in [-0.2, 0) is 18.3 Å². The van der Waals surface area contributed by atoms with E-state index in [1.54, 1.807) is 11.7 Å². The molecule has 24 heavy (non-hydrogen) atoms. The van der Waals surface area contributed by atoms with E-state index in [4.69, 9.17) is 4.42 Å². The zero-order chi connectivity index (χ0) is 17.3. The van der Waals surface area contributed by atoms with Gasteiger partial charge in [-0.25, -0.2) is 0 Å². The summed E-state index contributed by atoms with van der Waals surface area (Å²) in [4.78, 5) is 12.2. The molecule has 1 aromatic carbocycles. The van der Waals surface area contributed by atoms with Gasteiger partial charge in [-0.2, -0.15) is 5.10 Å². The molecule has 3 aromatic rings. The molecular weight excluding hydrogens is 306 g/mol. The number of nitrogens with zero attached hydrogens (tertiary/aromatic N) is 4. The molecule has 7 heteroatoms. The van der Waals surface area contributed by atoms with Crippen molar-refractivity contribution in [1.29, 1.82) is 0 Å². The van der Waals surface area contributed by atoms with E-state index < -0.39 is 0 Å². The second kappa shape index (κ2) is 6.27. The molecule has 0 radical (unpaired) electrons. The first-order valence-electron chi connectivity index (χ1n) is 7.63. The van der Waals surface area contributed by atoms with Gasteiger partial charge in [0.15, 0.2) is 0 Å². The fourth-order valence-corrected chi connectivity index (χ4v) is 2.57. The Labute approximate surface area is 139 Å². The molecule has 0 aliphatic heterocycles. The van der Waals surface area contributed by atoms with Crippen LogP contribution in [0.4, 0.5) is 6.01 Å². The van der Waals surface area contributed by atoms with Crippen LogP contribution in [0.15, 0.2) is 28.7 Å². The number of carbonyl (C=O) groups is 1. The number of anilines is 1. The van der Waals surface area contributed by atoms with Gasteiger partial charge in [-0.05, 0) is 38.0 Å². The van der Waals surface area contributed by atoms with Crippen molar-refractivity contribution in [2.24, 2.45) is 7.05 Å². The minimum Gasteiger partial charge on any atom is -0.401 e. The molecule has 0 fully saturated rings. The summed E-state index contributed by atoms with van der Waals surface area (Å²) < 4.78 is 7.16. The van der Waals surface area contributed by atoms with Crippen LogP contribution in [0.25, 0.3) is 11.6 Å². The third-order valence-corrected chi connectivity index (χ3v) is 3.74. The maximum atomic E-state index is 12.2. The Hall–Kier alpha value is -2.96. The van der Waals surface area contributed by atoms with Crippen LogP contribution in [0.5, 0.6) is 0 Å². The first-order valence-corrected chi connectivity index (χ1v) is 7.63. The van der Waals surface area contributed by atoms with Crippen molar-refractivity contribution < 1.29 is 9.21 Å². The Balaban J connectivity index is 1.70. The Morgan fingerprint density at radius 3 is 2.67 bits per heavy atom. The van der Waals surface area contributed by atoms with E-state index in [9.17, 15) is 4.79 Å². The summed E-state index contributed by atoms with van der Waals surface area (Å²) in [6, 6.07) is 7.93. The van der Waals surface area contributed by atoms with Crippen LogP contribution >= 0.6 is 0 Å². The number of hydrogen-bond acceptors (Lipinski definition) is 5. The second-order valence-corrected chi connectivity index (χ2v) is 5.86. The average molecular weight is 325 g/mol. The lowest BCUT2D eigenvalue weighted by atomic mass is 10.0. The third-order valence-electron chi connectivity index (χ3n) is 3.74. The van der Waals surface area contributed by atoms with Crippen LogP contribution < -0.4 is 5.32 Å². The number of nitrogens with one attached hydrogen (secondary N) is 1. The van der Waals surface area contributed by atoms with Crippen LogP contribution in [0.3, 0.4) is 0 Å². The number of amides is 1. The maximum absolute atomic E-state index is 12.2. The summed E-state index contributed by atoms with van der Waals surface area (Å²) in [5, 5.41) is 14.7. The smallest absolute Gasteiger partial charge is 0.322 e. The van der Waals surface area contributed by atoms with Crippen LogP contribution in [0, 0.1) is 20.8 Å². The quantitative estimate of drug-likeness (QED) is 0.797. The highest BCUT2D eigenvalue weighted by Crippen LogP contribution is 2.20. The normalized spacial score (nSPS) is 10.8. The average Bonchev–Trinajstić information content (AvgIpc) is 3.08. The molecule has 0 aliphatic carbocycles. The Morgan fingerprint density at radius 2 is 2.00 bits per heavy atom. The summed E-state index contributed by atoms with van der Waals surface area (Å²) in [6.07, 6.45) is 0.259. The zero-order valence-electron chi connectivity index (χ0n) is 14.1. The second-order valence-electron chi connectivity index (χ2n) is 5.86. The number of aryl methyl sites for hydroxylation is 4. The Morgan fingerprint density at radius 1 is 1.21 bits per heavy atom. The van der Waals surface area contributed by atoms with Gasteiger partial charge in [-0.15, -0.1) is 5.10 Å². The largest absolute Gasteiger partial charge is 0.401 e. The van der Waals surface area contributed by atoms with E-state index in [2.05, 4.69) is 26.7 Å². The zero-order valence-corrected chi connectivity index (χ0v) is 14.1. The predicted octanol–water partition coefficient (Wildman–Crippen LogP) is 2.58. The van der Waals surface area contributed by atoms with Gasteiger partial charge in [0.25, 0.3) is 5.89 Å². The van der Waals surface area contributed by atoms with Gasteiger partial charge in [0.05, 0.1) is 12.1 Å². The monoisotopic (exact) mass is 325 g/mol. The minimum atomic E-state index is -0.196. The first kappa shape index (κ1) is 15.9. The Bertz CT molecular complexity index is 894.